The van der Waals surface area contributed by atoms with Crippen LogP contribution in [-0.2, 0) is 16.6 Å². The van der Waals surface area contributed by atoms with Crippen molar-refractivity contribution in [2.45, 2.75) is 11.4 Å². The lowest BCUT2D eigenvalue weighted by Crippen LogP contribution is -2.23. The minimum atomic E-state index is -3.67. The van der Waals surface area contributed by atoms with E-state index in [0.29, 0.717) is 28.5 Å². The molecule has 8 heteroatoms. The van der Waals surface area contributed by atoms with Gasteiger partial charge in [-0.15, -0.1) is 0 Å². The average Bonchev–Trinajstić information content (AvgIpc) is 2.67. The molecule has 134 valence electrons. The first-order valence-electron chi connectivity index (χ1n) is 7.79. The van der Waals surface area contributed by atoms with E-state index in [2.05, 4.69) is 14.7 Å². The highest BCUT2D eigenvalue weighted by Crippen LogP contribution is 2.22. The standard InChI is InChI=1S/C18H18N4O3S/c1-25-15-10-14(22-18(11-15)17-4-2-3-9-20-17)12-21-26(23,24)16-7-5-13(19)6-8-16/h2-11,21H,12,19H2,1H3. The van der Waals surface area contributed by atoms with Crippen molar-refractivity contribution in [3.8, 4) is 17.1 Å². The third-order valence-electron chi connectivity index (χ3n) is 3.65. The van der Waals surface area contributed by atoms with E-state index >= 15 is 0 Å². The zero-order chi connectivity index (χ0) is 18.6. The Bertz CT molecular complexity index is 991. The third-order valence-corrected chi connectivity index (χ3v) is 5.07. The van der Waals surface area contributed by atoms with Crippen LogP contribution < -0.4 is 15.2 Å². The van der Waals surface area contributed by atoms with E-state index in [0.717, 1.165) is 0 Å². The van der Waals surface area contributed by atoms with Gasteiger partial charge in [0.1, 0.15) is 5.75 Å². The number of hydrogen-bond acceptors (Lipinski definition) is 6. The summed E-state index contributed by atoms with van der Waals surface area (Å²) in [7, 11) is -2.13. The van der Waals surface area contributed by atoms with Gasteiger partial charge in [0.2, 0.25) is 10.0 Å². The van der Waals surface area contributed by atoms with Crippen LogP contribution in [0.15, 0.2) is 65.7 Å². The van der Waals surface area contributed by atoms with Crippen molar-refractivity contribution < 1.29 is 13.2 Å². The molecule has 0 atom stereocenters. The Labute approximate surface area is 151 Å². The molecular formula is C18H18N4O3S. The van der Waals surface area contributed by atoms with Gasteiger partial charge in [-0.05, 0) is 36.4 Å². The van der Waals surface area contributed by atoms with Crippen molar-refractivity contribution in [3.63, 3.8) is 0 Å². The Balaban J connectivity index is 1.84. The Morgan fingerprint density at radius 3 is 2.50 bits per heavy atom. The smallest absolute Gasteiger partial charge is 0.240 e. The molecule has 0 saturated carbocycles. The Morgan fingerprint density at radius 2 is 1.85 bits per heavy atom. The van der Waals surface area contributed by atoms with Gasteiger partial charge in [-0.25, -0.2) is 18.1 Å². The van der Waals surface area contributed by atoms with Crippen LogP contribution in [0.1, 0.15) is 5.69 Å². The molecule has 0 radical (unpaired) electrons. The molecule has 3 aromatic rings. The third kappa shape index (κ3) is 4.16. The molecule has 0 saturated heterocycles. The number of benzene rings is 1. The summed E-state index contributed by atoms with van der Waals surface area (Å²) in [6.07, 6.45) is 1.67. The highest BCUT2D eigenvalue weighted by atomic mass is 32.2. The first-order chi connectivity index (χ1) is 12.5. The highest BCUT2D eigenvalue weighted by Gasteiger charge is 2.15. The van der Waals surface area contributed by atoms with Gasteiger partial charge in [0.25, 0.3) is 0 Å². The number of nitrogen functional groups attached to an aromatic ring is 1. The van der Waals surface area contributed by atoms with Gasteiger partial charge in [-0.3, -0.25) is 4.98 Å². The van der Waals surface area contributed by atoms with Gasteiger partial charge in [0, 0.05) is 24.0 Å². The molecule has 26 heavy (non-hydrogen) atoms. The van der Waals surface area contributed by atoms with Crippen molar-refractivity contribution in [2.75, 3.05) is 12.8 Å². The molecule has 0 spiro atoms. The van der Waals surface area contributed by atoms with Crippen molar-refractivity contribution in [2.24, 2.45) is 0 Å². The van der Waals surface area contributed by atoms with Crippen molar-refractivity contribution in [1.82, 2.24) is 14.7 Å². The maximum absolute atomic E-state index is 12.4. The molecule has 0 amide bonds. The van der Waals surface area contributed by atoms with Gasteiger partial charge < -0.3 is 10.5 Å². The fourth-order valence-corrected chi connectivity index (χ4v) is 3.31. The van der Waals surface area contributed by atoms with Crippen molar-refractivity contribution in [3.05, 3.63) is 66.5 Å². The lowest BCUT2D eigenvalue weighted by molar-refractivity contribution is 0.413. The maximum atomic E-state index is 12.4. The van der Waals surface area contributed by atoms with Crippen LogP contribution in [0, 0.1) is 0 Å². The van der Waals surface area contributed by atoms with Gasteiger partial charge in [0.05, 0.1) is 35.6 Å². The predicted octanol–water partition coefficient (Wildman–Crippen LogP) is 2.21. The number of ether oxygens (including phenoxy) is 1. The number of hydrogen-bond donors (Lipinski definition) is 2. The summed E-state index contributed by atoms with van der Waals surface area (Å²) in [5, 5.41) is 0. The topological polar surface area (TPSA) is 107 Å². The molecule has 3 rings (SSSR count). The summed E-state index contributed by atoms with van der Waals surface area (Å²) in [6, 6.07) is 14.9. The molecule has 2 heterocycles. The molecule has 0 fully saturated rings. The summed E-state index contributed by atoms with van der Waals surface area (Å²) in [5.41, 5.74) is 7.89. The number of sulfonamides is 1. The number of nitrogens with one attached hydrogen (secondary N) is 1. The molecule has 0 aliphatic rings. The summed E-state index contributed by atoms with van der Waals surface area (Å²) in [4.78, 5) is 8.87. The van der Waals surface area contributed by atoms with Crippen molar-refractivity contribution in [1.29, 1.82) is 0 Å². The fraction of sp³-hybridized carbons (Fsp3) is 0.111. The number of methoxy groups -OCH3 is 1. The van der Waals surface area contributed by atoms with Crippen LogP contribution in [0.4, 0.5) is 5.69 Å². The fourth-order valence-electron chi connectivity index (χ4n) is 2.31. The number of anilines is 1. The summed E-state index contributed by atoms with van der Waals surface area (Å²) in [5.74, 6) is 0.572. The van der Waals surface area contributed by atoms with Gasteiger partial charge in [0.15, 0.2) is 0 Å². The van der Waals surface area contributed by atoms with E-state index in [1.54, 1.807) is 25.4 Å². The molecule has 0 aliphatic carbocycles. The van der Waals surface area contributed by atoms with Crippen LogP contribution in [0.3, 0.4) is 0 Å². The van der Waals surface area contributed by atoms with E-state index in [-0.39, 0.29) is 11.4 Å². The largest absolute Gasteiger partial charge is 0.497 e. The SMILES string of the molecule is COc1cc(CNS(=O)(=O)c2ccc(N)cc2)nc(-c2ccccn2)c1. The molecule has 7 nitrogen and oxygen atoms in total. The molecule has 3 N–H and O–H groups in total. The zero-order valence-corrected chi connectivity index (χ0v) is 14.9. The molecule has 0 bridgehead atoms. The lowest BCUT2D eigenvalue weighted by Gasteiger charge is -2.10. The molecule has 0 unspecified atom stereocenters. The second-order valence-electron chi connectivity index (χ2n) is 5.49. The van der Waals surface area contributed by atoms with Crippen LogP contribution in [0.5, 0.6) is 5.75 Å². The Hall–Kier alpha value is -2.97. The predicted molar refractivity (Wildman–Crippen MR) is 98.9 cm³/mol. The Kier molecular flexibility index (Phi) is 5.15. The van der Waals surface area contributed by atoms with E-state index in [1.165, 1.54) is 24.3 Å². The molecular weight excluding hydrogens is 352 g/mol. The molecule has 0 aliphatic heterocycles. The summed E-state index contributed by atoms with van der Waals surface area (Å²) >= 11 is 0. The minimum Gasteiger partial charge on any atom is -0.497 e. The van der Waals surface area contributed by atoms with Crippen LogP contribution >= 0.6 is 0 Å². The van der Waals surface area contributed by atoms with Gasteiger partial charge >= 0.3 is 0 Å². The average molecular weight is 370 g/mol. The first-order valence-corrected chi connectivity index (χ1v) is 9.28. The van der Waals surface area contributed by atoms with Crippen LogP contribution in [0.25, 0.3) is 11.4 Å². The van der Waals surface area contributed by atoms with E-state index in [4.69, 9.17) is 10.5 Å². The second-order valence-corrected chi connectivity index (χ2v) is 7.26. The zero-order valence-electron chi connectivity index (χ0n) is 14.1. The summed E-state index contributed by atoms with van der Waals surface area (Å²) < 4.78 is 32.6. The normalized spacial score (nSPS) is 11.3. The van der Waals surface area contributed by atoms with Crippen molar-refractivity contribution >= 4 is 15.7 Å². The quantitative estimate of drug-likeness (QED) is 0.644. The Morgan fingerprint density at radius 1 is 1.08 bits per heavy atom. The van der Waals surface area contributed by atoms with Crippen LogP contribution in [0.2, 0.25) is 0 Å². The molecule has 2 aromatic heterocycles. The highest BCUT2D eigenvalue weighted by molar-refractivity contribution is 7.89. The minimum absolute atomic E-state index is 0.0176. The lowest BCUT2D eigenvalue weighted by atomic mass is 10.2. The number of aromatic nitrogens is 2. The monoisotopic (exact) mass is 370 g/mol. The van der Waals surface area contributed by atoms with E-state index in [1.807, 2.05) is 18.2 Å². The van der Waals surface area contributed by atoms with Gasteiger partial charge in [-0.2, -0.15) is 0 Å². The number of nitrogens with zero attached hydrogens (tertiary/aromatic N) is 2. The van der Waals surface area contributed by atoms with E-state index in [9.17, 15) is 8.42 Å². The van der Waals surface area contributed by atoms with E-state index < -0.39 is 10.0 Å². The number of pyridine rings is 2. The summed E-state index contributed by atoms with van der Waals surface area (Å²) in [6.45, 7) is 0.0176. The molecule has 1 aromatic carbocycles. The first kappa shape index (κ1) is 17.8. The van der Waals surface area contributed by atoms with Gasteiger partial charge in [-0.1, -0.05) is 6.07 Å². The number of rotatable bonds is 6. The number of nitrogens with two attached hydrogens (primary N) is 1. The second kappa shape index (κ2) is 7.51. The van der Waals surface area contributed by atoms with Crippen LogP contribution in [-0.4, -0.2) is 25.5 Å². The maximum Gasteiger partial charge on any atom is 0.240 e.